The van der Waals surface area contributed by atoms with Crippen LogP contribution in [0.15, 0.2) is 72.3 Å². The summed E-state index contributed by atoms with van der Waals surface area (Å²) in [6, 6.07) is 12.7. The second-order valence-electron chi connectivity index (χ2n) is 9.41. The van der Waals surface area contributed by atoms with E-state index in [-0.39, 0.29) is 28.6 Å². The van der Waals surface area contributed by atoms with Crippen LogP contribution in [-0.4, -0.2) is 26.8 Å². The van der Waals surface area contributed by atoms with Crippen LogP contribution in [0.25, 0.3) is 11.0 Å². The average molecular weight is 541 g/mol. The average Bonchev–Trinajstić information content (AvgIpc) is 3.31. The molecule has 10 nitrogen and oxygen atoms in total. The summed E-state index contributed by atoms with van der Waals surface area (Å²) in [4.78, 5) is 12.5. The molecule has 0 N–H and O–H groups in total. The first-order valence-corrected chi connectivity index (χ1v) is 14.0. The predicted octanol–water partition coefficient (Wildman–Crippen LogP) is 4.14. The van der Waals surface area contributed by atoms with Gasteiger partial charge in [0.2, 0.25) is 0 Å². The summed E-state index contributed by atoms with van der Waals surface area (Å²) >= 11 is 0. The van der Waals surface area contributed by atoms with Crippen molar-refractivity contribution in [1.82, 2.24) is 5.16 Å². The van der Waals surface area contributed by atoms with Crippen molar-refractivity contribution in [1.29, 1.82) is 0 Å². The van der Waals surface area contributed by atoms with Gasteiger partial charge >= 0.3 is 16.5 Å². The van der Waals surface area contributed by atoms with E-state index in [2.05, 4.69) is 9.79 Å². The van der Waals surface area contributed by atoms with Gasteiger partial charge in [0.1, 0.15) is 24.5 Å². The van der Waals surface area contributed by atoms with Crippen molar-refractivity contribution in [2.75, 3.05) is 13.2 Å². The van der Waals surface area contributed by atoms with Crippen molar-refractivity contribution >= 4 is 20.8 Å². The summed E-state index contributed by atoms with van der Waals surface area (Å²) in [5, 5.41) is 15.5. The maximum atomic E-state index is 12.8. The van der Waals surface area contributed by atoms with E-state index in [1.165, 1.54) is 43.5 Å². The minimum Gasteiger partial charge on any atom is -0.490 e. The van der Waals surface area contributed by atoms with Crippen LogP contribution < -0.4 is 20.0 Å². The van der Waals surface area contributed by atoms with Gasteiger partial charge in [0.05, 0.1) is 10.1 Å². The lowest BCUT2D eigenvalue weighted by molar-refractivity contribution is -0.832. The first-order chi connectivity index (χ1) is 18.3. The number of ether oxygens (including phenoxy) is 2. The van der Waals surface area contributed by atoms with Crippen LogP contribution in [0.4, 0.5) is 0 Å². The molecule has 4 aromatic rings. The first kappa shape index (κ1) is 25.8. The molecule has 2 heterocycles. The Morgan fingerprint density at radius 3 is 2.55 bits per heavy atom. The van der Waals surface area contributed by atoms with E-state index < -0.39 is 20.7 Å². The van der Waals surface area contributed by atoms with Crippen LogP contribution in [0, 0.1) is 18.0 Å². The normalized spacial score (nSPS) is 14.6. The van der Waals surface area contributed by atoms with E-state index in [0.29, 0.717) is 17.3 Å². The van der Waals surface area contributed by atoms with Crippen molar-refractivity contribution in [3.8, 4) is 11.6 Å². The van der Waals surface area contributed by atoms with Gasteiger partial charge in [-0.3, -0.25) is 4.63 Å². The number of nitrogens with zero attached hydrogens (tertiary/aromatic N) is 2. The van der Waals surface area contributed by atoms with Crippen LogP contribution in [0.3, 0.4) is 0 Å². The Kier molecular flexibility index (Phi) is 7.37. The van der Waals surface area contributed by atoms with Gasteiger partial charge in [-0.2, -0.15) is 0 Å². The third-order valence-corrected chi connectivity index (χ3v) is 8.65. The Balaban J connectivity index is 1.25. The van der Waals surface area contributed by atoms with Crippen LogP contribution >= 0.6 is 0 Å². The zero-order valence-electron chi connectivity index (χ0n) is 20.9. The molecule has 38 heavy (non-hydrogen) atoms. The topological polar surface area (TPSA) is 136 Å². The smallest absolute Gasteiger partial charge is 0.415 e. The number of sulfone groups is 1. The van der Waals surface area contributed by atoms with E-state index in [9.17, 15) is 18.4 Å². The van der Waals surface area contributed by atoms with Gasteiger partial charge in [0.15, 0.2) is 0 Å². The number of rotatable bonds is 9. The molecule has 1 aliphatic rings. The third-order valence-electron chi connectivity index (χ3n) is 6.92. The fourth-order valence-electron chi connectivity index (χ4n) is 4.92. The van der Waals surface area contributed by atoms with E-state index in [1.54, 1.807) is 18.2 Å². The predicted molar refractivity (Wildman–Crippen MR) is 136 cm³/mol. The molecule has 5 rings (SSSR count). The SMILES string of the molecule is Cc1c(CC2CCCCC2)c(=O)oc2cc(OCCOc3no[n+]([O-])c3S(=O)(=O)c3ccccc3)ccc12. The quantitative estimate of drug-likeness (QED) is 0.174. The van der Waals surface area contributed by atoms with E-state index >= 15 is 0 Å². The molecule has 0 atom stereocenters. The number of aromatic nitrogens is 2. The minimum absolute atomic E-state index is 0.00499. The third kappa shape index (κ3) is 5.24. The number of hydrogen-bond donors (Lipinski definition) is 0. The van der Waals surface area contributed by atoms with Crippen molar-refractivity contribution in [3.05, 3.63) is 75.3 Å². The molecule has 200 valence electrons. The summed E-state index contributed by atoms with van der Waals surface area (Å²) in [6.07, 6.45) is 6.73. The largest absolute Gasteiger partial charge is 0.490 e. The van der Waals surface area contributed by atoms with Crippen molar-refractivity contribution < 1.29 is 31.8 Å². The van der Waals surface area contributed by atoms with Crippen LogP contribution in [0.1, 0.15) is 43.2 Å². The molecule has 0 spiro atoms. The summed E-state index contributed by atoms with van der Waals surface area (Å²) in [5.74, 6) is 0.507. The zero-order chi connectivity index (χ0) is 26.7. The molecule has 2 aromatic heterocycles. The number of benzene rings is 2. The molecule has 0 radical (unpaired) electrons. The van der Waals surface area contributed by atoms with E-state index in [0.717, 1.165) is 35.8 Å². The fourth-order valence-corrected chi connectivity index (χ4v) is 6.21. The van der Waals surface area contributed by atoms with Gasteiger partial charge in [0.25, 0.3) is 9.84 Å². The van der Waals surface area contributed by atoms with Gasteiger partial charge < -0.3 is 19.1 Å². The maximum absolute atomic E-state index is 12.8. The molecule has 1 fully saturated rings. The number of fused-ring (bicyclic) bond motifs is 1. The van der Waals surface area contributed by atoms with Crippen LogP contribution in [0.5, 0.6) is 11.6 Å². The molecule has 2 aromatic carbocycles. The Hall–Kier alpha value is -3.86. The molecule has 0 bridgehead atoms. The zero-order valence-corrected chi connectivity index (χ0v) is 21.7. The number of aryl methyl sites for hydroxylation is 1. The highest BCUT2D eigenvalue weighted by atomic mass is 32.2. The molecular formula is C27H28N2O8S. The van der Waals surface area contributed by atoms with Crippen molar-refractivity contribution in [2.24, 2.45) is 5.92 Å². The molecule has 0 saturated heterocycles. The Morgan fingerprint density at radius 1 is 1.05 bits per heavy atom. The second-order valence-corrected chi connectivity index (χ2v) is 11.3. The van der Waals surface area contributed by atoms with Crippen molar-refractivity contribution in [3.63, 3.8) is 0 Å². The first-order valence-electron chi connectivity index (χ1n) is 12.6. The van der Waals surface area contributed by atoms with E-state index in [1.807, 2.05) is 13.0 Å². The fraction of sp³-hybridized carbons (Fsp3) is 0.370. The lowest BCUT2D eigenvalue weighted by Gasteiger charge is -2.21. The highest BCUT2D eigenvalue weighted by molar-refractivity contribution is 7.91. The molecule has 1 aliphatic carbocycles. The van der Waals surface area contributed by atoms with Gasteiger partial charge in [-0.05, 0) is 54.0 Å². The maximum Gasteiger partial charge on any atom is 0.415 e. The summed E-state index contributed by atoms with van der Waals surface area (Å²) in [7, 11) is -4.21. The Morgan fingerprint density at radius 2 is 1.79 bits per heavy atom. The van der Waals surface area contributed by atoms with Gasteiger partial charge in [-0.25, -0.2) is 13.2 Å². The molecule has 1 saturated carbocycles. The number of hydrogen-bond acceptors (Lipinski definition) is 9. The summed E-state index contributed by atoms with van der Waals surface area (Å²) < 4.78 is 46.9. The minimum atomic E-state index is -4.21. The monoisotopic (exact) mass is 540 g/mol. The molecule has 0 amide bonds. The Labute approximate surface area is 219 Å². The summed E-state index contributed by atoms with van der Waals surface area (Å²) in [6.45, 7) is 1.84. The lowest BCUT2D eigenvalue weighted by Crippen LogP contribution is -2.31. The van der Waals surface area contributed by atoms with Gasteiger partial charge in [0, 0.05) is 17.0 Å². The van der Waals surface area contributed by atoms with Crippen LogP contribution in [-0.2, 0) is 16.3 Å². The van der Waals surface area contributed by atoms with Crippen molar-refractivity contribution in [2.45, 2.75) is 55.4 Å². The standard InChI is InChI=1S/C27H28N2O8S/c1-18-22-13-12-20(17-24(22)36-27(30)23(18)16-19-8-4-2-5-9-19)34-14-15-35-25-26(29(31)37-28-25)38(32,33)21-10-6-3-7-11-21/h3,6-7,10-13,17,19H,2,4-5,8-9,14-16H2,1H3. The molecule has 11 heteroatoms. The Bertz CT molecular complexity index is 1590. The molecule has 0 unspecified atom stereocenters. The molecular weight excluding hydrogens is 512 g/mol. The van der Waals surface area contributed by atoms with Gasteiger partial charge in [-0.1, -0.05) is 50.3 Å². The second kappa shape index (κ2) is 10.9. The van der Waals surface area contributed by atoms with Gasteiger partial charge in [-0.15, -0.1) is 0 Å². The lowest BCUT2D eigenvalue weighted by atomic mass is 9.84. The highest BCUT2D eigenvalue weighted by Crippen LogP contribution is 2.30. The van der Waals surface area contributed by atoms with E-state index in [4.69, 9.17) is 13.9 Å². The highest BCUT2D eigenvalue weighted by Gasteiger charge is 2.35. The summed E-state index contributed by atoms with van der Waals surface area (Å²) in [5.41, 5.74) is 1.79. The molecule has 0 aliphatic heterocycles. The van der Waals surface area contributed by atoms with Crippen LogP contribution in [0.2, 0.25) is 0 Å².